The van der Waals surface area contributed by atoms with Gasteiger partial charge in [0.1, 0.15) is 5.75 Å². The Balaban J connectivity index is 1.64. The van der Waals surface area contributed by atoms with Gasteiger partial charge in [0.25, 0.3) is 5.91 Å². The summed E-state index contributed by atoms with van der Waals surface area (Å²) in [4.78, 5) is 11.8. The number of furan rings is 1. The highest BCUT2D eigenvalue weighted by Crippen LogP contribution is 2.25. The Bertz CT molecular complexity index is 621. The van der Waals surface area contributed by atoms with Crippen LogP contribution in [0.4, 0.5) is 0 Å². The Kier molecular flexibility index (Phi) is 3.29. The number of hydrogen-bond donors (Lipinski definition) is 1. The van der Waals surface area contributed by atoms with E-state index in [1.54, 1.807) is 12.1 Å². The van der Waals surface area contributed by atoms with Crippen molar-refractivity contribution in [3.8, 4) is 5.75 Å². The van der Waals surface area contributed by atoms with Crippen molar-refractivity contribution in [3.05, 3.63) is 51.9 Å². The lowest BCUT2D eigenvalue weighted by Gasteiger charge is -2.05. The summed E-state index contributed by atoms with van der Waals surface area (Å²) < 4.78 is 11.2. The minimum Gasteiger partial charge on any atom is -0.493 e. The quantitative estimate of drug-likeness (QED) is 0.945. The van der Waals surface area contributed by atoms with Gasteiger partial charge >= 0.3 is 0 Å². The van der Waals surface area contributed by atoms with E-state index in [2.05, 4.69) is 27.3 Å². The molecule has 1 aromatic heterocycles. The van der Waals surface area contributed by atoms with Crippen LogP contribution in [-0.2, 0) is 13.0 Å². The molecule has 0 saturated heterocycles. The van der Waals surface area contributed by atoms with Crippen LogP contribution in [-0.4, -0.2) is 12.5 Å². The molecule has 19 heavy (non-hydrogen) atoms. The highest BCUT2D eigenvalue weighted by atomic mass is 79.9. The smallest absolute Gasteiger partial charge is 0.287 e. The lowest BCUT2D eigenvalue weighted by Crippen LogP contribution is -2.22. The fourth-order valence-corrected chi connectivity index (χ4v) is 2.36. The van der Waals surface area contributed by atoms with Crippen LogP contribution in [0.3, 0.4) is 0 Å². The summed E-state index contributed by atoms with van der Waals surface area (Å²) in [5.41, 5.74) is 2.26. The number of fused-ring (bicyclic) bond motifs is 1. The zero-order valence-electron chi connectivity index (χ0n) is 10.1. The topological polar surface area (TPSA) is 51.5 Å². The van der Waals surface area contributed by atoms with Crippen LogP contribution < -0.4 is 10.1 Å². The van der Waals surface area contributed by atoms with Gasteiger partial charge < -0.3 is 14.5 Å². The van der Waals surface area contributed by atoms with E-state index in [4.69, 9.17) is 9.15 Å². The number of nitrogens with one attached hydrogen (secondary N) is 1. The van der Waals surface area contributed by atoms with Gasteiger partial charge in [0, 0.05) is 13.0 Å². The molecule has 1 N–H and O–H groups in total. The largest absolute Gasteiger partial charge is 0.493 e. The van der Waals surface area contributed by atoms with Gasteiger partial charge in [-0.05, 0) is 45.3 Å². The van der Waals surface area contributed by atoms with Crippen molar-refractivity contribution < 1.29 is 13.9 Å². The van der Waals surface area contributed by atoms with Crippen molar-refractivity contribution in [1.82, 2.24) is 5.32 Å². The van der Waals surface area contributed by atoms with Crippen molar-refractivity contribution in [2.45, 2.75) is 13.0 Å². The van der Waals surface area contributed by atoms with Gasteiger partial charge in [-0.3, -0.25) is 4.79 Å². The maximum atomic E-state index is 11.8. The fraction of sp³-hybridized carbons (Fsp3) is 0.214. The molecular formula is C14H12BrNO3. The van der Waals surface area contributed by atoms with Gasteiger partial charge in [-0.1, -0.05) is 12.1 Å². The molecule has 0 fully saturated rings. The Morgan fingerprint density at radius 2 is 2.21 bits per heavy atom. The maximum absolute atomic E-state index is 11.8. The number of rotatable bonds is 3. The number of hydrogen-bond acceptors (Lipinski definition) is 3. The molecule has 1 aromatic carbocycles. The van der Waals surface area contributed by atoms with Gasteiger partial charge in [0.2, 0.25) is 0 Å². The fourth-order valence-electron chi connectivity index (χ4n) is 2.06. The number of halogens is 1. The summed E-state index contributed by atoms with van der Waals surface area (Å²) in [5.74, 6) is 1.03. The Labute approximate surface area is 118 Å². The molecule has 2 aromatic rings. The van der Waals surface area contributed by atoms with Gasteiger partial charge in [0.15, 0.2) is 10.4 Å². The third-order valence-electron chi connectivity index (χ3n) is 3.00. The van der Waals surface area contributed by atoms with Gasteiger partial charge in [-0.15, -0.1) is 0 Å². The van der Waals surface area contributed by atoms with Crippen LogP contribution in [0.15, 0.2) is 39.4 Å². The van der Waals surface area contributed by atoms with Crippen molar-refractivity contribution >= 4 is 21.8 Å². The van der Waals surface area contributed by atoms with Crippen molar-refractivity contribution in [2.75, 3.05) is 6.61 Å². The highest BCUT2D eigenvalue weighted by Gasteiger charge is 2.13. The molecule has 1 aliphatic rings. The molecule has 1 amide bonds. The molecule has 98 valence electrons. The lowest BCUT2D eigenvalue weighted by molar-refractivity contribution is 0.0922. The van der Waals surface area contributed by atoms with E-state index in [0.29, 0.717) is 17.0 Å². The summed E-state index contributed by atoms with van der Waals surface area (Å²) in [7, 11) is 0. The van der Waals surface area contributed by atoms with Crippen LogP contribution in [0.1, 0.15) is 21.7 Å². The second-order valence-electron chi connectivity index (χ2n) is 4.33. The normalized spacial score (nSPS) is 12.9. The number of benzene rings is 1. The van der Waals surface area contributed by atoms with Gasteiger partial charge in [-0.25, -0.2) is 0 Å². The zero-order chi connectivity index (χ0) is 13.2. The minimum absolute atomic E-state index is 0.220. The summed E-state index contributed by atoms with van der Waals surface area (Å²) in [6, 6.07) is 9.31. The van der Waals surface area contributed by atoms with E-state index in [1.165, 1.54) is 5.56 Å². The van der Waals surface area contributed by atoms with Crippen LogP contribution >= 0.6 is 15.9 Å². The first kappa shape index (κ1) is 12.3. The Morgan fingerprint density at radius 3 is 3.00 bits per heavy atom. The lowest BCUT2D eigenvalue weighted by atomic mass is 10.1. The van der Waals surface area contributed by atoms with E-state index in [1.807, 2.05) is 12.1 Å². The summed E-state index contributed by atoms with van der Waals surface area (Å²) >= 11 is 3.17. The second-order valence-corrected chi connectivity index (χ2v) is 5.11. The van der Waals surface area contributed by atoms with Crippen molar-refractivity contribution in [1.29, 1.82) is 0 Å². The highest BCUT2D eigenvalue weighted by molar-refractivity contribution is 9.10. The standard InChI is InChI=1S/C14H12BrNO3/c15-13-4-3-12(19-13)14(17)16-8-9-1-2-11-10(7-9)5-6-18-11/h1-4,7H,5-6,8H2,(H,16,17). The molecule has 0 atom stereocenters. The van der Waals surface area contributed by atoms with Crippen LogP contribution in [0.5, 0.6) is 5.75 Å². The molecule has 0 saturated carbocycles. The molecule has 0 bridgehead atoms. The summed E-state index contributed by atoms with van der Waals surface area (Å²) in [6.07, 6.45) is 0.933. The summed E-state index contributed by atoms with van der Waals surface area (Å²) in [5, 5.41) is 2.83. The van der Waals surface area contributed by atoms with E-state index in [0.717, 1.165) is 24.3 Å². The average molecular weight is 322 g/mol. The van der Waals surface area contributed by atoms with E-state index < -0.39 is 0 Å². The van der Waals surface area contributed by atoms with E-state index >= 15 is 0 Å². The maximum Gasteiger partial charge on any atom is 0.287 e. The molecule has 1 aliphatic heterocycles. The SMILES string of the molecule is O=C(NCc1ccc2c(c1)CCO2)c1ccc(Br)o1. The molecule has 0 spiro atoms. The third-order valence-corrected chi connectivity index (χ3v) is 3.43. The molecule has 0 unspecified atom stereocenters. The Morgan fingerprint density at radius 1 is 1.32 bits per heavy atom. The monoisotopic (exact) mass is 321 g/mol. The van der Waals surface area contributed by atoms with Crippen LogP contribution in [0, 0.1) is 0 Å². The molecule has 0 aliphatic carbocycles. The molecule has 5 heteroatoms. The first-order chi connectivity index (χ1) is 9.22. The first-order valence-corrected chi connectivity index (χ1v) is 6.80. The Hall–Kier alpha value is -1.75. The second kappa shape index (κ2) is 5.09. The predicted octanol–water partition coefficient (Wildman–Crippen LogP) is 2.91. The molecule has 2 heterocycles. The van der Waals surface area contributed by atoms with Gasteiger partial charge in [-0.2, -0.15) is 0 Å². The minimum atomic E-state index is -0.220. The summed E-state index contributed by atoms with van der Waals surface area (Å²) in [6.45, 7) is 1.22. The predicted molar refractivity (Wildman–Crippen MR) is 73.2 cm³/mol. The number of carbonyl (C=O) groups excluding carboxylic acids is 1. The molecular weight excluding hydrogens is 310 g/mol. The number of amides is 1. The first-order valence-electron chi connectivity index (χ1n) is 6.00. The number of ether oxygens (including phenoxy) is 1. The number of carbonyl (C=O) groups is 1. The molecule has 3 rings (SSSR count). The van der Waals surface area contributed by atoms with Crippen LogP contribution in [0.2, 0.25) is 0 Å². The average Bonchev–Trinajstić information content (AvgIpc) is 3.03. The van der Waals surface area contributed by atoms with E-state index in [-0.39, 0.29) is 5.91 Å². The van der Waals surface area contributed by atoms with Crippen molar-refractivity contribution in [3.63, 3.8) is 0 Å². The molecule has 0 radical (unpaired) electrons. The third kappa shape index (κ3) is 2.66. The van der Waals surface area contributed by atoms with Gasteiger partial charge in [0.05, 0.1) is 6.61 Å². The van der Waals surface area contributed by atoms with E-state index in [9.17, 15) is 4.79 Å². The zero-order valence-corrected chi connectivity index (χ0v) is 11.7. The van der Waals surface area contributed by atoms with Crippen molar-refractivity contribution in [2.24, 2.45) is 0 Å². The molecule has 4 nitrogen and oxygen atoms in total. The van der Waals surface area contributed by atoms with Crippen LogP contribution in [0.25, 0.3) is 0 Å².